The number of benzene rings is 2. The molecule has 0 spiro atoms. The number of aromatic nitrogens is 1. The average molecular weight is 382 g/mol. The molecular weight excluding hydrogens is 360 g/mol. The van der Waals surface area contributed by atoms with Gasteiger partial charge in [0.1, 0.15) is 11.5 Å². The molecule has 0 saturated carbocycles. The summed E-state index contributed by atoms with van der Waals surface area (Å²) in [6.07, 6.45) is 0.571. The molecule has 2 N–H and O–H groups in total. The minimum atomic E-state index is -0.605. The number of para-hydroxylation sites is 1. The topological polar surface area (TPSA) is 89.8 Å². The zero-order chi connectivity index (χ0) is 20.1. The zero-order valence-electron chi connectivity index (χ0n) is 15.8. The lowest BCUT2D eigenvalue weighted by Crippen LogP contribution is -2.28. The third-order valence-corrected chi connectivity index (χ3v) is 4.44. The van der Waals surface area contributed by atoms with Crippen LogP contribution in [0.2, 0.25) is 0 Å². The van der Waals surface area contributed by atoms with Crippen molar-refractivity contribution in [3.8, 4) is 17.2 Å². The number of fused-ring (bicyclic) bond motifs is 1. The second-order valence-electron chi connectivity index (χ2n) is 6.24. The molecule has 1 amide bonds. The molecule has 28 heavy (non-hydrogen) atoms. The smallest absolute Gasteiger partial charge is 0.293 e. The first-order valence-electron chi connectivity index (χ1n) is 8.88. The van der Waals surface area contributed by atoms with Crippen molar-refractivity contribution in [3.05, 3.63) is 64.4 Å². The fraction of sp³-hybridized carbons (Fsp3) is 0.238. The molecule has 0 aliphatic carbocycles. The minimum absolute atomic E-state index is 0.00484. The molecule has 0 atom stereocenters. The lowest BCUT2D eigenvalue weighted by atomic mass is 10.1. The number of nitrogens with one attached hydrogen (secondary N) is 1. The predicted octanol–water partition coefficient (Wildman–Crippen LogP) is 2.45. The van der Waals surface area contributed by atoms with Crippen LogP contribution in [0.25, 0.3) is 10.9 Å². The maximum atomic E-state index is 12.6. The number of amides is 1. The Morgan fingerprint density at radius 3 is 2.50 bits per heavy atom. The molecule has 2 aromatic carbocycles. The first-order valence-corrected chi connectivity index (χ1v) is 8.88. The molecule has 1 aromatic heterocycles. The van der Waals surface area contributed by atoms with Gasteiger partial charge in [0.15, 0.2) is 5.75 Å². The third-order valence-electron chi connectivity index (χ3n) is 4.44. The normalized spacial score (nSPS) is 10.6. The number of hydrogen-bond acceptors (Lipinski definition) is 5. The van der Waals surface area contributed by atoms with E-state index in [0.717, 1.165) is 5.75 Å². The van der Waals surface area contributed by atoms with Crippen molar-refractivity contribution in [1.82, 2.24) is 9.88 Å². The number of ether oxygens (including phenoxy) is 2. The summed E-state index contributed by atoms with van der Waals surface area (Å²) in [7, 11) is 3.16. The van der Waals surface area contributed by atoms with Crippen molar-refractivity contribution in [3.63, 3.8) is 0 Å². The number of hydrogen-bond donors (Lipinski definition) is 2. The summed E-state index contributed by atoms with van der Waals surface area (Å²) >= 11 is 0. The van der Waals surface area contributed by atoms with Gasteiger partial charge in [0, 0.05) is 19.0 Å². The van der Waals surface area contributed by atoms with E-state index in [-0.39, 0.29) is 5.56 Å². The SMILES string of the molecule is COc1ccc(OCCCNC(=O)c2c(O)c(=O)n(C)c3ccccc23)cc1. The highest BCUT2D eigenvalue weighted by molar-refractivity contribution is 6.08. The van der Waals surface area contributed by atoms with Crippen LogP contribution in [0.4, 0.5) is 0 Å². The number of rotatable bonds is 7. The highest BCUT2D eigenvalue weighted by atomic mass is 16.5. The minimum Gasteiger partial charge on any atom is -0.502 e. The number of pyridine rings is 1. The number of methoxy groups -OCH3 is 1. The Hall–Kier alpha value is -3.48. The Kier molecular flexibility index (Phi) is 5.84. The van der Waals surface area contributed by atoms with Crippen LogP contribution in [-0.4, -0.2) is 35.8 Å². The molecule has 0 fully saturated rings. The van der Waals surface area contributed by atoms with Crippen LogP contribution in [0.1, 0.15) is 16.8 Å². The Balaban J connectivity index is 1.61. The highest BCUT2D eigenvalue weighted by Gasteiger charge is 2.19. The summed E-state index contributed by atoms with van der Waals surface area (Å²) in [5.74, 6) is 0.423. The summed E-state index contributed by atoms with van der Waals surface area (Å²) in [5, 5.41) is 13.5. The number of carbonyl (C=O) groups is 1. The van der Waals surface area contributed by atoms with E-state index in [2.05, 4.69) is 5.32 Å². The maximum Gasteiger partial charge on any atom is 0.293 e. The van der Waals surface area contributed by atoms with Crippen molar-refractivity contribution in [2.45, 2.75) is 6.42 Å². The molecular formula is C21H22N2O5. The molecule has 0 aliphatic rings. The molecule has 146 valence electrons. The molecule has 0 bridgehead atoms. The van der Waals surface area contributed by atoms with Gasteiger partial charge in [0.05, 0.1) is 24.8 Å². The quantitative estimate of drug-likeness (QED) is 0.613. The first kappa shape index (κ1) is 19.3. The van der Waals surface area contributed by atoms with Crippen LogP contribution < -0.4 is 20.3 Å². The monoisotopic (exact) mass is 382 g/mol. The summed E-state index contributed by atoms with van der Waals surface area (Å²) < 4.78 is 12.0. The van der Waals surface area contributed by atoms with Crippen molar-refractivity contribution in [1.29, 1.82) is 0 Å². The van der Waals surface area contributed by atoms with Crippen molar-refractivity contribution >= 4 is 16.8 Å². The fourth-order valence-corrected chi connectivity index (χ4v) is 2.93. The summed E-state index contributed by atoms with van der Waals surface area (Å²) in [6, 6.07) is 14.2. The molecule has 7 nitrogen and oxygen atoms in total. The Labute approximate surface area is 162 Å². The van der Waals surface area contributed by atoms with Crippen LogP contribution in [0.3, 0.4) is 0 Å². The van der Waals surface area contributed by atoms with E-state index in [9.17, 15) is 14.7 Å². The van der Waals surface area contributed by atoms with Crippen molar-refractivity contribution in [2.75, 3.05) is 20.3 Å². The van der Waals surface area contributed by atoms with Gasteiger partial charge in [-0.25, -0.2) is 0 Å². The molecule has 0 saturated heterocycles. The number of nitrogens with zero attached hydrogens (tertiary/aromatic N) is 1. The highest BCUT2D eigenvalue weighted by Crippen LogP contribution is 2.23. The van der Waals surface area contributed by atoms with Gasteiger partial charge in [0.25, 0.3) is 11.5 Å². The average Bonchev–Trinajstić information content (AvgIpc) is 2.72. The number of carbonyl (C=O) groups excluding carboxylic acids is 1. The summed E-state index contributed by atoms with van der Waals surface area (Å²) in [5.41, 5.74) is -0.0280. The Morgan fingerprint density at radius 2 is 1.79 bits per heavy atom. The standard InChI is InChI=1S/C21H22N2O5/c1-23-17-7-4-3-6-16(17)18(19(24)21(23)26)20(25)22-12-5-13-28-15-10-8-14(27-2)9-11-15/h3-4,6-11,24H,5,12-13H2,1-2H3,(H,22,25). The molecule has 0 unspecified atom stereocenters. The molecule has 0 radical (unpaired) electrons. The molecule has 1 heterocycles. The van der Waals surface area contributed by atoms with Gasteiger partial charge < -0.3 is 24.5 Å². The third kappa shape index (κ3) is 3.93. The predicted molar refractivity (Wildman–Crippen MR) is 106 cm³/mol. The number of aryl methyl sites for hydroxylation is 1. The van der Waals surface area contributed by atoms with Crippen LogP contribution in [-0.2, 0) is 7.05 Å². The van der Waals surface area contributed by atoms with E-state index in [1.807, 2.05) is 0 Å². The Bertz CT molecular complexity index is 1040. The molecule has 3 rings (SSSR count). The van der Waals surface area contributed by atoms with Gasteiger partial charge in [-0.3, -0.25) is 9.59 Å². The van der Waals surface area contributed by atoms with Gasteiger partial charge in [-0.05, 0) is 36.8 Å². The van der Waals surface area contributed by atoms with E-state index in [1.54, 1.807) is 62.7 Å². The molecule has 7 heteroatoms. The van der Waals surface area contributed by atoms with Gasteiger partial charge >= 0.3 is 0 Å². The van der Waals surface area contributed by atoms with Gasteiger partial charge in [0.2, 0.25) is 0 Å². The van der Waals surface area contributed by atoms with E-state index < -0.39 is 17.2 Å². The van der Waals surface area contributed by atoms with Crippen LogP contribution in [0.5, 0.6) is 17.2 Å². The summed E-state index contributed by atoms with van der Waals surface area (Å²) in [6.45, 7) is 0.758. The van der Waals surface area contributed by atoms with Crippen LogP contribution in [0, 0.1) is 0 Å². The van der Waals surface area contributed by atoms with Crippen LogP contribution >= 0.6 is 0 Å². The Morgan fingerprint density at radius 1 is 1.11 bits per heavy atom. The van der Waals surface area contributed by atoms with Crippen LogP contribution in [0.15, 0.2) is 53.3 Å². The van der Waals surface area contributed by atoms with E-state index in [4.69, 9.17) is 9.47 Å². The van der Waals surface area contributed by atoms with E-state index in [0.29, 0.717) is 36.2 Å². The van der Waals surface area contributed by atoms with Gasteiger partial charge in [-0.1, -0.05) is 18.2 Å². The van der Waals surface area contributed by atoms with Gasteiger partial charge in [-0.15, -0.1) is 0 Å². The zero-order valence-corrected chi connectivity index (χ0v) is 15.8. The van der Waals surface area contributed by atoms with Gasteiger partial charge in [-0.2, -0.15) is 0 Å². The maximum absolute atomic E-state index is 12.6. The number of aromatic hydroxyl groups is 1. The summed E-state index contributed by atoms with van der Waals surface area (Å²) in [4.78, 5) is 24.8. The molecule has 3 aromatic rings. The van der Waals surface area contributed by atoms with Crippen molar-refractivity contribution in [2.24, 2.45) is 7.05 Å². The van der Waals surface area contributed by atoms with E-state index >= 15 is 0 Å². The van der Waals surface area contributed by atoms with E-state index in [1.165, 1.54) is 4.57 Å². The second-order valence-corrected chi connectivity index (χ2v) is 6.24. The first-order chi connectivity index (χ1) is 13.5. The largest absolute Gasteiger partial charge is 0.502 e. The lowest BCUT2D eigenvalue weighted by molar-refractivity contribution is 0.0950. The fourth-order valence-electron chi connectivity index (χ4n) is 2.93. The molecule has 0 aliphatic heterocycles. The second kappa shape index (κ2) is 8.47. The lowest BCUT2D eigenvalue weighted by Gasteiger charge is -2.12. The van der Waals surface area contributed by atoms with Crippen molar-refractivity contribution < 1.29 is 19.4 Å².